The molecule has 2 aliphatic rings. The smallest absolute Gasteiger partial charge is 0.262 e. The number of benzene rings is 2. The number of hydrogen-bond donors (Lipinski definition) is 0. The Bertz CT molecular complexity index is 1250. The molecule has 2 aromatic carbocycles. The van der Waals surface area contributed by atoms with Crippen LogP contribution in [-0.2, 0) is 9.47 Å². The number of nitrogens with zero attached hydrogens (tertiary/aromatic N) is 3. The molecule has 1 aromatic heterocycles. The molecule has 0 N–H and O–H groups in total. The Kier molecular flexibility index (Phi) is 6.77. The molecule has 2 fully saturated rings. The van der Waals surface area contributed by atoms with Crippen molar-refractivity contribution in [1.29, 1.82) is 0 Å². The second-order valence-corrected chi connectivity index (χ2v) is 9.53. The molecular formula is C27H32FN3O4. The van der Waals surface area contributed by atoms with Gasteiger partial charge in [0.05, 0.1) is 29.6 Å². The van der Waals surface area contributed by atoms with Gasteiger partial charge >= 0.3 is 0 Å². The molecule has 0 bridgehead atoms. The largest absolute Gasteiger partial charge is 0.491 e. The maximum atomic E-state index is 15.2. The minimum Gasteiger partial charge on any atom is -0.491 e. The number of methoxy groups -OCH3 is 1. The van der Waals surface area contributed by atoms with Gasteiger partial charge in [0.2, 0.25) is 0 Å². The fourth-order valence-corrected chi connectivity index (χ4v) is 5.07. The molecule has 35 heavy (non-hydrogen) atoms. The van der Waals surface area contributed by atoms with Crippen molar-refractivity contribution in [3.63, 3.8) is 0 Å². The Labute approximate surface area is 204 Å². The summed E-state index contributed by atoms with van der Waals surface area (Å²) in [4.78, 5) is 17.3. The van der Waals surface area contributed by atoms with Gasteiger partial charge in [0.15, 0.2) is 0 Å². The second-order valence-electron chi connectivity index (χ2n) is 9.53. The Morgan fingerprint density at radius 2 is 2.00 bits per heavy atom. The fourth-order valence-electron chi connectivity index (χ4n) is 5.07. The van der Waals surface area contributed by atoms with E-state index in [1.54, 1.807) is 37.6 Å². The number of pyridine rings is 1. The quantitative estimate of drug-likeness (QED) is 0.515. The van der Waals surface area contributed by atoms with E-state index in [1.807, 2.05) is 31.1 Å². The molecule has 3 heterocycles. The molecule has 5 rings (SSSR count). The normalized spacial score (nSPS) is 22.4. The highest BCUT2D eigenvalue weighted by molar-refractivity contribution is 5.83. The number of ether oxygens (including phenoxy) is 3. The maximum absolute atomic E-state index is 15.2. The van der Waals surface area contributed by atoms with Gasteiger partial charge in [-0.05, 0) is 68.7 Å². The van der Waals surface area contributed by atoms with Gasteiger partial charge in [-0.25, -0.2) is 4.39 Å². The predicted molar refractivity (Wildman–Crippen MR) is 134 cm³/mol. The zero-order chi connectivity index (χ0) is 24.5. The van der Waals surface area contributed by atoms with Gasteiger partial charge in [0.25, 0.3) is 5.56 Å². The van der Waals surface area contributed by atoms with Crippen LogP contribution in [0.2, 0.25) is 0 Å². The van der Waals surface area contributed by atoms with Gasteiger partial charge < -0.3 is 24.0 Å². The van der Waals surface area contributed by atoms with E-state index in [2.05, 4.69) is 4.90 Å². The highest BCUT2D eigenvalue weighted by Gasteiger charge is 2.35. The van der Waals surface area contributed by atoms with E-state index in [0.717, 1.165) is 24.8 Å². The molecule has 186 valence electrons. The van der Waals surface area contributed by atoms with Crippen LogP contribution in [-0.4, -0.2) is 75.2 Å². The predicted octanol–water partition coefficient (Wildman–Crippen LogP) is 3.45. The fraction of sp³-hybridized carbons (Fsp3) is 0.444. The lowest BCUT2D eigenvalue weighted by Crippen LogP contribution is -2.39. The number of aromatic nitrogens is 1. The molecule has 3 aromatic rings. The van der Waals surface area contributed by atoms with Gasteiger partial charge in [0.1, 0.15) is 18.2 Å². The molecule has 8 heteroatoms. The molecule has 1 unspecified atom stereocenters. The molecule has 3 atom stereocenters. The van der Waals surface area contributed by atoms with Crippen molar-refractivity contribution in [1.82, 2.24) is 9.47 Å². The first-order valence-electron chi connectivity index (χ1n) is 12.1. The summed E-state index contributed by atoms with van der Waals surface area (Å²) in [6, 6.07) is 12.4. The minimum atomic E-state index is -0.360. The van der Waals surface area contributed by atoms with Crippen LogP contribution >= 0.6 is 0 Å². The second kappa shape index (κ2) is 9.97. The summed E-state index contributed by atoms with van der Waals surface area (Å²) in [5.74, 6) is 0.346. The Morgan fingerprint density at radius 1 is 1.14 bits per heavy atom. The van der Waals surface area contributed by atoms with Gasteiger partial charge in [-0.1, -0.05) is 0 Å². The molecule has 0 aliphatic carbocycles. The van der Waals surface area contributed by atoms with E-state index in [4.69, 9.17) is 14.2 Å². The zero-order valence-electron chi connectivity index (χ0n) is 20.4. The number of halogens is 1. The van der Waals surface area contributed by atoms with Crippen LogP contribution in [0.5, 0.6) is 5.75 Å². The molecule has 0 amide bonds. The van der Waals surface area contributed by atoms with Crippen molar-refractivity contribution in [3.05, 3.63) is 64.8 Å². The van der Waals surface area contributed by atoms with Crippen molar-refractivity contribution in [2.24, 2.45) is 0 Å². The number of fused-ring (bicyclic) bond motifs is 1. The van der Waals surface area contributed by atoms with Crippen LogP contribution in [0.15, 0.2) is 53.5 Å². The van der Waals surface area contributed by atoms with Gasteiger partial charge in [-0.15, -0.1) is 0 Å². The average Bonchev–Trinajstić information content (AvgIpc) is 3.53. The van der Waals surface area contributed by atoms with Crippen molar-refractivity contribution < 1.29 is 18.6 Å². The van der Waals surface area contributed by atoms with Crippen molar-refractivity contribution in [2.45, 2.75) is 31.1 Å². The molecule has 0 saturated carbocycles. The first-order valence-corrected chi connectivity index (χ1v) is 12.1. The van der Waals surface area contributed by atoms with Crippen LogP contribution in [0.25, 0.3) is 16.5 Å². The summed E-state index contributed by atoms with van der Waals surface area (Å²) in [6.45, 7) is 2.58. The Hall–Kier alpha value is -2.94. The van der Waals surface area contributed by atoms with Gasteiger partial charge in [-0.3, -0.25) is 9.36 Å². The summed E-state index contributed by atoms with van der Waals surface area (Å²) in [5, 5.41) is 1.34. The lowest BCUT2D eigenvalue weighted by Gasteiger charge is -2.23. The van der Waals surface area contributed by atoms with E-state index in [1.165, 1.54) is 10.6 Å². The topological polar surface area (TPSA) is 56.2 Å². The van der Waals surface area contributed by atoms with E-state index >= 15 is 4.39 Å². The molecule has 0 spiro atoms. The summed E-state index contributed by atoms with van der Waals surface area (Å²) < 4.78 is 33.8. The zero-order valence-corrected chi connectivity index (χ0v) is 20.4. The minimum absolute atomic E-state index is 0.00624. The van der Waals surface area contributed by atoms with Crippen molar-refractivity contribution in [3.8, 4) is 11.4 Å². The van der Waals surface area contributed by atoms with Crippen LogP contribution < -0.4 is 15.2 Å². The number of anilines is 1. The third-order valence-corrected chi connectivity index (χ3v) is 7.09. The van der Waals surface area contributed by atoms with Crippen LogP contribution in [0.3, 0.4) is 0 Å². The SMILES string of the molecule is CO[C@@H]1CN(c2ccc(-n3ccc4cc(OCC5CCCO5)ccc4c3=O)cc2F)C[C@H]1N(C)C. The van der Waals surface area contributed by atoms with Crippen LogP contribution in [0, 0.1) is 5.82 Å². The third-order valence-electron chi connectivity index (χ3n) is 7.09. The van der Waals surface area contributed by atoms with Crippen LogP contribution in [0.4, 0.5) is 10.1 Å². The molecule has 7 nitrogen and oxygen atoms in total. The standard InChI is InChI=1S/C27H32FN3O4/c1-29(2)25-15-30(16-26(25)33-3)24-9-6-19(14-23(24)28)31-11-10-18-13-20(7-8-22(18)27(31)32)35-17-21-5-4-12-34-21/h6-11,13-14,21,25-26H,4-5,12,15-17H2,1-3H3/t21?,25-,26-/m1/s1. The lowest BCUT2D eigenvalue weighted by atomic mass is 10.1. The molecule has 2 aliphatic heterocycles. The van der Waals surface area contributed by atoms with Crippen molar-refractivity contribution in [2.75, 3.05) is 52.4 Å². The van der Waals surface area contributed by atoms with E-state index in [-0.39, 0.29) is 29.6 Å². The summed E-state index contributed by atoms with van der Waals surface area (Å²) in [7, 11) is 5.70. The van der Waals surface area contributed by atoms with E-state index in [9.17, 15) is 4.79 Å². The lowest BCUT2D eigenvalue weighted by molar-refractivity contribution is 0.0639. The highest BCUT2D eigenvalue weighted by Crippen LogP contribution is 2.28. The summed E-state index contributed by atoms with van der Waals surface area (Å²) in [5.41, 5.74) is 0.805. The number of hydrogen-bond acceptors (Lipinski definition) is 6. The maximum Gasteiger partial charge on any atom is 0.262 e. The van der Waals surface area contributed by atoms with Gasteiger partial charge in [0, 0.05) is 44.5 Å². The summed E-state index contributed by atoms with van der Waals surface area (Å²) >= 11 is 0. The monoisotopic (exact) mass is 481 g/mol. The van der Waals surface area contributed by atoms with Crippen LogP contribution in [0.1, 0.15) is 12.8 Å². The Balaban J connectivity index is 1.37. The Morgan fingerprint density at radius 3 is 2.69 bits per heavy atom. The van der Waals surface area contributed by atoms with E-state index < -0.39 is 0 Å². The first kappa shape index (κ1) is 23.8. The molecule has 0 radical (unpaired) electrons. The third kappa shape index (κ3) is 4.78. The number of rotatable bonds is 7. The molecular weight excluding hydrogens is 449 g/mol. The first-order chi connectivity index (χ1) is 16.9. The number of likely N-dealkylation sites (N-methyl/N-ethyl adjacent to an activating group) is 1. The summed E-state index contributed by atoms with van der Waals surface area (Å²) in [6.07, 6.45) is 3.89. The average molecular weight is 482 g/mol. The van der Waals surface area contributed by atoms with Gasteiger partial charge in [-0.2, -0.15) is 0 Å². The highest BCUT2D eigenvalue weighted by atomic mass is 19.1. The van der Waals surface area contributed by atoms with E-state index in [0.29, 0.717) is 42.2 Å². The van der Waals surface area contributed by atoms with Crippen molar-refractivity contribution >= 4 is 16.5 Å². The molecule has 2 saturated heterocycles.